The van der Waals surface area contributed by atoms with Gasteiger partial charge in [-0.1, -0.05) is 0 Å². The molecule has 3 aromatic rings. The average molecular weight is 367 g/mol. The predicted octanol–water partition coefficient (Wildman–Crippen LogP) is 1.52. The first kappa shape index (κ1) is 18.3. The Hall–Kier alpha value is -3.49. The first-order valence-corrected chi connectivity index (χ1v) is 8.44. The zero-order valence-corrected chi connectivity index (χ0v) is 15.4. The molecule has 3 rings (SSSR count). The van der Waals surface area contributed by atoms with Crippen molar-refractivity contribution in [3.63, 3.8) is 0 Å². The van der Waals surface area contributed by atoms with Crippen molar-refractivity contribution >= 4 is 11.7 Å². The van der Waals surface area contributed by atoms with E-state index < -0.39 is 0 Å². The van der Waals surface area contributed by atoms with Crippen LogP contribution in [-0.4, -0.2) is 50.8 Å². The van der Waals surface area contributed by atoms with Crippen molar-refractivity contribution in [3.8, 4) is 11.7 Å². The zero-order valence-electron chi connectivity index (χ0n) is 15.4. The molecule has 9 heteroatoms. The molecular weight excluding hydrogens is 346 g/mol. The summed E-state index contributed by atoms with van der Waals surface area (Å²) in [5.74, 6) is 1.56. The maximum atomic E-state index is 12.1. The molecule has 27 heavy (non-hydrogen) atoms. The Morgan fingerprint density at radius 2 is 2.00 bits per heavy atom. The standard InChI is InChI=1S/C18H21N7O2/c1-12-8-13(2)25(24-12)16-10-15(22-11-23-16)19-6-7-21-18(26)14-4-5-20-17(9-14)27-3/h4-5,8-11H,6-7H2,1-3H3,(H,21,26)(H,19,22,23). The second-order valence-corrected chi connectivity index (χ2v) is 5.87. The molecule has 0 radical (unpaired) electrons. The van der Waals surface area contributed by atoms with Crippen LogP contribution >= 0.6 is 0 Å². The van der Waals surface area contributed by atoms with Crippen molar-refractivity contribution in [1.82, 2.24) is 30.0 Å². The van der Waals surface area contributed by atoms with Gasteiger partial charge in [-0.15, -0.1) is 0 Å². The summed E-state index contributed by atoms with van der Waals surface area (Å²) in [6.45, 7) is 4.86. The van der Waals surface area contributed by atoms with E-state index in [1.165, 1.54) is 19.6 Å². The molecule has 3 heterocycles. The molecule has 140 valence electrons. The van der Waals surface area contributed by atoms with Gasteiger partial charge < -0.3 is 15.4 Å². The van der Waals surface area contributed by atoms with E-state index in [2.05, 4.69) is 30.7 Å². The van der Waals surface area contributed by atoms with Crippen molar-refractivity contribution < 1.29 is 9.53 Å². The number of pyridine rings is 1. The van der Waals surface area contributed by atoms with Gasteiger partial charge in [0.05, 0.1) is 12.8 Å². The summed E-state index contributed by atoms with van der Waals surface area (Å²) in [5, 5.41) is 10.4. The minimum atomic E-state index is -0.191. The van der Waals surface area contributed by atoms with Crippen LogP contribution in [0.5, 0.6) is 5.88 Å². The molecule has 3 aromatic heterocycles. The number of aromatic nitrogens is 5. The second-order valence-electron chi connectivity index (χ2n) is 5.87. The Kier molecular flexibility index (Phi) is 5.60. The first-order chi connectivity index (χ1) is 13.1. The lowest BCUT2D eigenvalue weighted by Gasteiger charge is -2.09. The summed E-state index contributed by atoms with van der Waals surface area (Å²) < 4.78 is 6.79. The zero-order chi connectivity index (χ0) is 19.2. The number of carbonyl (C=O) groups is 1. The van der Waals surface area contributed by atoms with Gasteiger partial charge in [0.2, 0.25) is 5.88 Å². The molecule has 0 spiro atoms. The van der Waals surface area contributed by atoms with E-state index in [0.29, 0.717) is 36.2 Å². The van der Waals surface area contributed by atoms with Crippen LogP contribution in [0.15, 0.2) is 36.8 Å². The van der Waals surface area contributed by atoms with Crippen molar-refractivity contribution in [2.75, 3.05) is 25.5 Å². The van der Waals surface area contributed by atoms with E-state index in [-0.39, 0.29) is 5.91 Å². The molecule has 0 aliphatic carbocycles. The first-order valence-electron chi connectivity index (χ1n) is 8.44. The molecule has 0 saturated carbocycles. The van der Waals surface area contributed by atoms with Gasteiger partial charge in [0, 0.05) is 42.7 Å². The third-order valence-corrected chi connectivity index (χ3v) is 3.80. The van der Waals surface area contributed by atoms with Gasteiger partial charge >= 0.3 is 0 Å². The highest BCUT2D eigenvalue weighted by Gasteiger charge is 2.08. The smallest absolute Gasteiger partial charge is 0.251 e. The number of rotatable bonds is 7. The van der Waals surface area contributed by atoms with Gasteiger partial charge in [-0.3, -0.25) is 4.79 Å². The van der Waals surface area contributed by atoms with Gasteiger partial charge in [-0.25, -0.2) is 19.6 Å². The minimum absolute atomic E-state index is 0.191. The van der Waals surface area contributed by atoms with E-state index in [0.717, 1.165) is 11.4 Å². The summed E-state index contributed by atoms with van der Waals surface area (Å²) >= 11 is 0. The topological polar surface area (TPSA) is 107 Å². The van der Waals surface area contributed by atoms with Gasteiger partial charge in [0.15, 0.2) is 5.82 Å². The average Bonchev–Trinajstić information content (AvgIpc) is 3.03. The molecule has 0 aromatic carbocycles. The molecule has 0 atom stereocenters. The van der Waals surface area contributed by atoms with Gasteiger partial charge in [-0.2, -0.15) is 5.10 Å². The number of carbonyl (C=O) groups excluding carboxylic acids is 1. The SMILES string of the molecule is COc1cc(C(=O)NCCNc2cc(-n3nc(C)cc3C)ncn2)ccn1. The number of methoxy groups -OCH3 is 1. The number of nitrogens with one attached hydrogen (secondary N) is 2. The quantitative estimate of drug-likeness (QED) is 0.610. The van der Waals surface area contributed by atoms with E-state index in [1.54, 1.807) is 16.8 Å². The number of hydrogen-bond acceptors (Lipinski definition) is 7. The summed E-state index contributed by atoms with van der Waals surface area (Å²) in [6, 6.07) is 7.03. The molecule has 0 aliphatic heterocycles. The molecule has 0 bridgehead atoms. The van der Waals surface area contributed by atoms with E-state index in [1.807, 2.05) is 26.0 Å². The fourth-order valence-corrected chi connectivity index (χ4v) is 2.55. The normalized spacial score (nSPS) is 10.5. The van der Waals surface area contributed by atoms with Crippen LogP contribution in [0.2, 0.25) is 0 Å². The summed E-state index contributed by atoms with van der Waals surface area (Å²) in [7, 11) is 1.51. The Morgan fingerprint density at radius 1 is 1.15 bits per heavy atom. The summed E-state index contributed by atoms with van der Waals surface area (Å²) in [6.07, 6.45) is 3.02. The van der Waals surface area contributed by atoms with E-state index in [9.17, 15) is 4.79 Å². The van der Waals surface area contributed by atoms with Crippen molar-refractivity contribution in [1.29, 1.82) is 0 Å². The van der Waals surface area contributed by atoms with Crippen molar-refractivity contribution in [3.05, 3.63) is 53.7 Å². The second kappa shape index (κ2) is 8.26. The lowest BCUT2D eigenvalue weighted by atomic mass is 10.2. The highest BCUT2D eigenvalue weighted by molar-refractivity contribution is 5.94. The van der Waals surface area contributed by atoms with Crippen molar-refractivity contribution in [2.24, 2.45) is 0 Å². The fraction of sp³-hybridized carbons (Fsp3) is 0.278. The molecule has 1 amide bonds. The Bertz CT molecular complexity index is 939. The summed E-state index contributed by atoms with van der Waals surface area (Å²) in [4.78, 5) is 24.6. The Labute approximate surface area is 156 Å². The number of amides is 1. The number of nitrogens with zero attached hydrogens (tertiary/aromatic N) is 5. The van der Waals surface area contributed by atoms with Crippen LogP contribution < -0.4 is 15.4 Å². The van der Waals surface area contributed by atoms with Gasteiger partial charge in [-0.05, 0) is 26.0 Å². The van der Waals surface area contributed by atoms with Crippen LogP contribution in [-0.2, 0) is 0 Å². The summed E-state index contributed by atoms with van der Waals surface area (Å²) in [5.41, 5.74) is 2.42. The predicted molar refractivity (Wildman–Crippen MR) is 100 cm³/mol. The third kappa shape index (κ3) is 4.57. The Morgan fingerprint density at radius 3 is 2.74 bits per heavy atom. The molecular formula is C18H21N7O2. The molecule has 9 nitrogen and oxygen atoms in total. The van der Waals surface area contributed by atoms with Crippen molar-refractivity contribution in [2.45, 2.75) is 13.8 Å². The molecule has 0 saturated heterocycles. The number of ether oxygens (including phenoxy) is 1. The molecule has 0 unspecified atom stereocenters. The van der Waals surface area contributed by atoms with E-state index in [4.69, 9.17) is 4.74 Å². The van der Waals surface area contributed by atoms with Crippen LogP contribution in [0.1, 0.15) is 21.7 Å². The minimum Gasteiger partial charge on any atom is -0.481 e. The lowest BCUT2D eigenvalue weighted by molar-refractivity contribution is 0.0954. The van der Waals surface area contributed by atoms with E-state index >= 15 is 0 Å². The maximum Gasteiger partial charge on any atom is 0.251 e. The largest absolute Gasteiger partial charge is 0.481 e. The number of aryl methyl sites for hydroxylation is 2. The van der Waals surface area contributed by atoms with Gasteiger partial charge in [0.25, 0.3) is 5.91 Å². The molecule has 0 fully saturated rings. The van der Waals surface area contributed by atoms with Crippen LogP contribution in [0.3, 0.4) is 0 Å². The van der Waals surface area contributed by atoms with Crippen LogP contribution in [0.4, 0.5) is 5.82 Å². The fourth-order valence-electron chi connectivity index (χ4n) is 2.55. The third-order valence-electron chi connectivity index (χ3n) is 3.80. The highest BCUT2D eigenvalue weighted by atomic mass is 16.5. The highest BCUT2D eigenvalue weighted by Crippen LogP contribution is 2.12. The van der Waals surface area contributed by atoms with Gasteiger partial charge in [0.1, 0.15) is 12.1 Å². The number of hydrogen-bond donors (Lipinski definition) is 2. The monoisotopic (exact) mass is 367 g/mol. The maximum absolute atomic E-state index is 12.1. The molecule has 2 N–H and O–H groups in total. The number of anilines is 1. The lowest BCUT2D eigenvalue weighted by Crippen LogP contribution is -2.29. The van der Waals surface area contributed by atoms with Crippen LogP contribution in [0.25, 0.3) is 5.82 Å². The Balaban J connectivity index is 1.54. The van der Waals surface area contributed by atoms with Crippen LogP contribution in [0, 0.1) is 13.8 Å². The molecule has 0 aliphatic rings.